The predicted octanol–water partition coefficient (Wildman–Crippen LogP) is 11.2. The largest absolute Gasteiger partial charge is 0.360 e. The summed E-state index contributed by atoms with van der Waals surface area (Å²) in [6, 6.07) is 0. The summed E-state index contributed by atoms with van der Waals surface area (Å²) >= 11 is 4.24. The normalized spacial score (nSPS) is 5.73. The summed E-state index contributed by atoms with van der Waals surface area (Å²) in [7, 11) is 0.638. The highest BCUT2D eigenvalue weighted by atomic mass is 128. The van der Waals surface area contributed by atoms with Gasteiger partial charge in [0.2, 0.25) is 0 Å². The second-order valence-corrected chi connectivity index (χ2v) is 3.82. The summed E-state index contributed by atoms with van der Waals surface area (Å²) in [6.07, 6.45) is 1.72. The average molecular weight is 688 g/mol. The van der Waals surface area contributed by atoms with Gasteiger partial charge in [-0.2, -0.15) is 0 Å². The molecule has 0 heterocycles. The maximum atomic E-state index is 5.07. The highest BCUT2D eigenvalue weighted by Gasteiger charge is 1.84. The van der Waals surface area contributed by atoms with Gasteiger partial charge in [0.05, 0.1) is 6.10 Å². The molecular formula is C17H56I3OP. The molecule has 0 amide bonds. The van der Waals surface area contributed by atoms with E-state index in [1.807, 2.05) is 20.5 Å². The first-order valence-electron chi connectivity index (χ1n) is 4.51. The topological polar surface area (TPSA) is 9.23 Å². The zero-order valence-corrected chi connectivity index (χ0v) is 17.6. The van der Waals surface area contributed by atoms with E-state index in [0.29, 0.717) is 14.9 Å². The molecule has 0 aliphatic carbocycles. The van der Waals surface area contributed by atoms with Crippen LogP contribution in [0.5, 0.6) is 0 Å². The van der Waals surface area contributed by atoms with Gasteiger partial charge in [-0.3, -0.25) is 0 Å². The van der Waals surface area contributed by atoms with Crippen molar-refractivity contribution in [2.75, 3.05) is 6.66 Å². The Morgan fingerprint density at radius 1 is 0.773 bits per heavy atom. The van der Waals surface area contributed by atoms with Gasteiger partial charge >= 0.3 is 0 Å². The summed E-state index contributed by atoms with van der Waals surface area (Å²) in [4.78, 5) is 0. The van der Waals surface area contributed by atoms with Crippen molar-refractivity contribution in [3.8, 4) is 0 Å². The summed E-state index contributed by atoms with van der Waals surface area (Å²) in [6.45, 7) is 12.7. The summed E-state index contributed by atoms with van der Waals surface area (Å²) in [5.41, 5.74) is 0. The molecule has 22 heavy (non-hydrogen) atoms. The molecule has 0 N–H and O–H groups in total. The number of rotatable bonds is 3. The summed E-state index contributed by atoms with van der Waals surface area (Å²) in [5, 5.41) is 0. The van der Waals surface area contributed by atoms with Crippen LogP contribution in [-0.4, -0.2) is 12.8 Å². The lowest BCUT2D eigenvalue weighted by Crippen LogP contribution is -1.90. The molecule has 1 nitrogen and oxygen atoms in total. The lowest BCUT2D eigenvalue weighted by Gasteiger charge is -2.00. The molecule has 0 rings (SSSR count). The van der Waals surface area contributed by atoms with Gasteiger partial charge in [0.25, 0.3) is 0 Å². The summed E-state index contributed by atoms with van der Waals surface area (Å²) in [5.74, 6) is 0.884. The van der Waals surface area contributed by atoms with Crippen molar-refractivity contribution in [3.05, 3.63) is 0 Å². The van der Waals surface area contributed by atoms with Gasteiger partial charge in [-0.1, -0.05) is 86.6 Å². The smallest absolute Gasteiger partial charge is 0.0557 e. The average Bonchev–Trinajstić information content (AvgIpc) is 2.09. The molecule has 0 saturated heterocycles. The molecule has 0 aliphatic rings. The van der Waals surface area contributed by atoms with Gasteiger partial charge in [0, 0.05) is 46.0 Å². The standard InChI is InChI=1S/C5H12.C4H11OP.8CH4.I2.HI/c1-4-5(2)3;1-4(2)5-6-3;;;;;;;;;1-2;/h5H,4H2,1-3H3;4,6H,1-3H3;8*1H4;;1H. The van der Waals surface area contributed by atoms with Crippen molar-refractivity contribution in [3.63, 3.8) is 0 Å². The number of halogens is 3. The Morgan fingerprint density at radius 3 is 0.955 bits per heavy atom. The van der Waals surface area contributed by atoms with Gasteiger partial charge < -0.3 is 4.52 Å². The minimum Gasteiger partial charge on any atom is -0.360 e. The Morgan fingerprint density at radius 2 is 0.955 bits per heavy atom. The van der Waals surface area contributed by atoms with Crippen molar-refractivity contribution in [2.24, 2.45) is 5.92 Å². The molecular weight excluding hydrogens is 632 g/mol. The fourth-order valence-electron chi connectivity index (χ4n) is 0.236. The van der Waals surface area contributed by atoms with Gasteiger partial charge in [-0.05, 0) is 26.4 Å². The van der Waals surface area contributed by atoms with Crippen LogP contribution in [0.25, 0.3) is 0 Å². The molecule has 156 valence electrons. The zero-order valence-electron chi connectivity index (χ0n) is 9.93. The maximum absolute atomic E-state index is 5.07. The molecule has 1 unspecified atom stereocenters. The second kappa shape index (κ2) is 89.7. The lowest BCUT2D eigenvalue weighted by atomic mass is 10.2. The van der Waals surface area contributed by atoms with Crippen LogP contribution in [0.1, 0.15) is 100 Å². The first-order chi connectivity index (χ1) is 6.04. The van der Waals surface area contributed by atoms with Crippen LogP contribution in [0, 0.1) is 5.92 Å². The summed E-state index contributed by atoms with van der Waals surface area (Å²) < 4.78 is 5.07. The highest BCUT2D eigenvalue weighted by Crippen LogP contribution is 2.07. The van der Waals surface area contributed by atoms with Gasteiger partial charge in [-0.25, -0.2) is 0 Å². The van der Waals surface area contributed by atoms with Crippen LogP contribution in [-0.2, 0) is 4.52 Å². The predicted molar refractivity (Wildman–Crippen MR) is 153 cm³/mol. The fraction of sp³-hybridized carbons (Fsp3) is 1.00. The van der Waals surface area contributed by atoms with Crippen molar-refractivity contribution in [2.45, 2.75) is 107 Å². The van der Waals surface area contributed by atoms with E-state index < -0.39 is 0 Å². The van der Waals surface area contributed by atoms with Crippen LogP contribution in [0.4, 0.5) is 0 Å². The minimum absolute atomic E-state index is 0. The van der Waals surface area contributed by atoms with Crippen molar-refractivity contribution < 1.29 is 4.52 Å². The van der Waals surface area contributed by atoms with E-state index >= 15 is 0 Å². The van der Waals surface area contributed by atoms with Crippen LogP contribution >= 0.6 is 70.0 Å². The molecule has 5 heteroatoms. The molecule has 0 fully saturated rings. The Balaban J connectivity index is -0.00000000598. The van der Waals surface area contributed by atoms with Crippen molar-refractivity contribution in [1.82, 2.24) is 0 Å². The first kappa shape index (κ1) is 86.4. The van der Waals surface area contributed by atoms with Gasteiger partial charge in [0.15, 0.2) is 0 Å². The molecule has 0 bridgehead atoms. The molecule has 1 atom stereocenters. The Hall–Kier alpha value is 2.58. The van der Waals surface area contributed by atoms with Crippen LogP contribution in [0.15, 0.2) is 0 Å². The molecule has 0 aromatic heterocycles. The monoisotopic (exact) mass is 688 g/mol. The minimum atomic E-state index is 0. The zero-order chi connectivity index (χ0) is 11.3. The fourth-order valence-corrected chi connectivity index (χ4v) is 0.707. The van der Waals surface area contributed by atoms with E-state index in [0.717, 1.165) is 5.92 Å². The van der Waals surface area contributed by atoms with Crippen molar-refractivity contribution >= 4 is 70.0 Å². The van der Waals surface area contributed by atoms with E-state index in [1.165, 1.54) is 6.42 Å². The quantitative estimate of drug-likeness (QED) is 0.212. The van der Waals surface area contributed by atoms with Crippen LogP contribution in [0.3, 0.4) is 0 Å². The van der Waals surface area contributed by atoms with E-state index in [9.17, 15) is 0 Å². The lowest BCUT2D eigenvalue weighted by molar-refractivity contribution is 0.281. The highest BCUT2D eigenvalue weighted by molar-refractivity contribution is 15.0. The van der Waals surface area contributed by atoms with E-state index in [4.69, 9.17) is 4.52 Å². The third-order valence-electron chi connectivity index (χ3n) is 1.17. The SMILES string of the molecule is C.C.C.C.C.C.C.C.CCC(C)C.CPOC(C)C.I.II. The molecule has 0 spiro atoms. The van der Waals surface area contributed by atoms with Crippen LogP contribution < -0.4 is 0 Å². The molecule has 0 aromatic rings. The Kier molecular flexibility index (Phi) is 352. The molecule has 0 radical (unpaired) electrons. The van der Waals surface area contributed by atoms with Gasteiger partial charge in [-0.15, -0.1) is 24.0 Å². The Labute approximate surface area is 191 Å². The maximum Gasteiger partial charge on any atom is 0.0557 e. The van der Waals surface area contributed by atoms with E-state index in [2.05, 4.69) is 58.0 Å². The third kappa shape index (κ3) is 183. The molecule has 0 aliphatic heterocycles. The first-order valence-corrected chi connectivity index (χ1v) is 12.2. The van der Waals surface area contributed by atoms with E-state index in [-0.39, 0.29) is 83.4 Å². The van der Waals surface area contributed by atoms with Crippen molar-refractivity contribution in [1.29, 1.82) is 0 Å². The molecule has 0 saturated carbocycles. The second-order valence-electron chi connectivity index (χ2n) is 3.17. The van der Waals surface area contributed by atoms with Gasteiger partial charge in [0.1, 0.15) is 0 Å². The third-order valence-corrected chi connectivity index (χ3v) is 1.88. The molecule has 0 aromatic carbocycles. The number of hydrogen-bond donors (Lipinski definition) is 0. The van der Waals surface area contributed by atoms with Crippen LogP contribution in [0.2, 0.25) is 0 Å². The number of hydrogen-bond acceptors (Lipinski definition) is 1. The van der Waals surface area contributed by atoms with E-state index in [1.54, 1.807) is 0 Å². The Bertz CT molecular complexity index is 76.9.